The topological polar surface area (TPSA) is 112 Å². The largest absolute Gasteiger partial charge is 0.333 e. The second kappa shape index (κ2) is 9.13. The number of H-pyrrole nitrogens is 2. The smallest absolute Gasteiger partial charge is 0.258 e. The highest BCUT2D eigenvalue weighted by atomic mass is 16.2. The first-order valence-corrected chi connectivity index (χ1v) is 10.7. The van der Waals surface area contributed by atoms with E-state index in [1.54, 1.807) is 41.3 Å². The number of fused-ring (bicyclic) bond motifs is 2. The van der Waals surface area contributed by atoms with Gasteiger partial charge < -0.3 is 14.9 Å². The minimum atomic E-state index is -0.215. The SMILES string of the molecule is CC(C)N(Cc1nc2ccccc2c(=O)[nH]1)C(=O)CCCc1nc2ccccc2c(=O)[nH]1. The fourth-order valence-electron chi connectivity index (χ4n) is 3.73. The summed E-state index contributed by atoms with van der Waals surface area (Å²) in [5.74, 6) is 0.980. The van der Waals surface area contributed by atoms with Crippen molar-refractivity contribution in [2.75, 3.05) is 0 Å². The molecule has 2 heterocycles. The third-order valence-electron chi connectivity index (χ3n) is 5.39. The van der Waals surface area contributed by atoms with Gasteiger partial charge in [-0.05, 0) is 44.5 Å². The standard InChI is InChI=1S/C24H25N5O3/c1-15(2)29(14-21-26-19-11-6-4-9-17(19)24(32)28-21)22(30)13-7-12-20-25-18-10-5-3-8-16(18)23(31)27-20/h3-6,8-11,15H,7,12-14H2,1-2H3,(H,25,27,31)(H,26,28,32). The first-order valence-electron chi connectivity index (χ1n) is 10.7. The molecule has 0 saturated carbocycles. The Kier molecular flexibility index (Phi) is 6.11. The van der Waals surface area contributed by atoms with Crippen molar-refractivity contribution in [3.8, 4) is 0 Å². The highest BCUT2D eigenvalue weighted by Crippen LogP contribution is 2.12. The summed E-state index contributed by atoms with van der Waals surface area (Å²) in [7, 11) is 0. The Morgan fingerprint density at radius 2 is 1.41 bits per heavy atom. The van der Waals surface area contributed by atoms with Crippen molar-refractivity contribution in [1.82, 2.24) is 24.8 Å². The molecule has 2 aromatic carbocycles. The molecule has 8 heteroatoms. The number of hydrogen-bond donors (Lipinski definition) is 2. The summed E-state index contributed by atoms with van der Waals surface area (Å²) in [5, 5.41) is 1.07. The van der Waals surface area contributed by atoms with E-state index in [9.17, 15) is 14.4 Å². The molecule has 0 saturated heterocycles. The van der Waals surface area contributed by atoms with Gasteiger partial charge in [-0.1, -0.05) is 24.3 Å². The average Bonchev–Trinajstić information content (AvgIpc) is 2.77. The molecule has 4 aromatic rings. The second-order valence-electron chi connectivity index (χ2n) is 8.03. The number of aromatic amines is 2. The molecule has 32 heavy (non-hydrogen) atoms. The Hall–Kier alpha value is -3.81. The Labute approximate surface area is 184 Å². The van der Waals surface area contributed by atoms with E-state index in [0.717, 1.165) is 0 Å². The van der Waals surface area contributed by atoms with Gasteiger partial charge in [0.2, 0.25) is 5.91 Å². The molecule has 0 spiro atoms. The van der Waals surface area contributed by atoms with Crippen LogP contribution in [-0.4, -0.2) is 36.8 Å². The van der Waals surface area contributed by atoms with Crippen LogP contribution >= 0.6 is 0 Å². The molecule has 0 radical (unpaired) electrons. The Morgan fingerprint density at radius 3 is 2.00 bits per heavy atom. The molecule has 0 fully saturated rings. The molecular weight excluding hydrogens is 406 g/mol. The van der Waals surface area contributed by atoms with Crippen LogP contribution in [0.15, 0.2) is 58.1 Å². The molecule has 1 amide bonds. The van der Waals surface area contributed by atoms with Crippen LogP contribution in [0.3, 0.4) is 0 Å². The molecule has 0 unspecified atom stereocenters. The van der Waals surface area contributed by atoms with Crippen molar-refractivity contribution >= 4 is 27.7 Å². The molecule has 8 nitrogen and oxygen atoms in total. The predicted octanol–water partition coefficient (Wildman–Crippen LogP) is 2.92. The minimum Gasteiger partial charge on any atom is -0.333 e. The summed E-state index contributed by atoms with van der Waals surface area (Å²) in [5.41, 5.74) is 0.863. The number of hydrogen-bond acceptors (Lipinski definition) is 5. The first-order chi connectivity index (χ1) is 15.4. The summed E-state index contributed by atoms with van der Waals surface area (Å²) in [6.07, 6.45) is 1.33. The van der Waals surface area contributed by atoms with Crippen LogP contribution in [0.1, 0.15) is 38.3 Å². The summed E-state index contributed by atoms with van der Waals surface area (Å²) >= 11 is 0. The number of carbonyl (C=O) groups excluding carboxylic acids is 1. The van der Waals surface area contributed by atoms with Crippen molar-refractivity contribution in [3.05, 3.63) is 80.9 Å². The number of nitrogens with zero attached hydrogens (tertiary/aromatic N) is 3. The first kappa shape index (κ1) is 21.4. The van der Waals surface area contributed by atoms with Gasteiger partial charge >= 0.3 is 0 Å². The average molecular weight is 431 g/mol. The maximum atomic E-state index is 12.9. The van der Waals surface area contributed by atoms with Gasteiger partial charge in [0.25, 0.3) is 11.1 Å². The summed E-state index contributed by atoms with van der Waals surface area (Å²) in [4.78, 5) is 53.7. The highest BCUT2D eigenvalue weighted by molar-refractivity contribution is 5.78. The van der Waals surface area contributed by atoms with E-state index in [1.165, 1.54) is 0 Å². The lowest BCUT2D eigenvalue weighted by Gasteiger charge is -2.26. The lowest BCUT2D eigenvalue weighted by molar-refractivity contribution is -0.133. The van der Waals surface area contributed by atoms with Crippen LogP contribution in [0.4, 0.5) is 0 Å². The van der Waals surface area contributed by atoms with Crippen molar-refractivity contribution in [3.63, 3.8) is 0 Å². The van der Waals surface area contributed by atoms with E-state index in [0.29, 0.717) is 52.7 Å². The van der Waals surface area contributed by atoms with Gasteiger partial charge in [-0.2, -0.15) is 0 Å². The number of aryl methyl sites for hydroxylation is 1. The maximum absolute atomic E-state index is 12.9. The molecule has 0 bridgehead atoms. The Balaban J connectivity index is 1.44. The minimum absolute atomic E-state index is 0.0426. The zero-order valence-electron chi connectivity index (χ0n) is 18.1. The van der Waals surface area contributed by atoms with Crippen LogP contribution in [-0.2, 0) is 17.8 Å². The van der Waals surface area contributed by atoms with Gasteiger partial charge in [0.15, 0.2) is 0 Å². The molecule has 164 valence electrons. The van der Waals surface area contributed by atoms with Gasteiger partial charge in [0.05, 0.1) is 28.4 Å². The van der Waals surface area contributed by atoms with Crippen molar-refractivity contribution in [2.45, 2.75) is 45.7 Å². The summed E-state index contributed by atoms with van der Waals surface area (Å²) < 4.78 is 0. The second-order valence-corrected chi connectivity index (χ2v) is 8.03. The van der Waals surface area contributed by atoms with Crippen LogP contribution in [0.5, 0.6) is 0 Å². The molecule has 2 N–H and O–H groups in total. The number of nitrogens with one attached hydrogen (secondary N) is 2. The molecule has 0 atom stereocenters. The van der Waals surface area contributed by atoms with Gasteiger partial charge in [-0.3, -0.25) is 14.4 Å². The zero-order chi connectivity index (χ0) is 22.7. The number of benzene rings is 2. The Bertz CT molecular complexity index is 1390. The number of amides is 1. The predicted molar refractivity (Wildman–Crippen MR) is 123 cm³/mol. The molecule has 0 aliphatic rings. The fourth-order valence-corrected chi connectivity index (χ4v) is 3.73. The van der Waals surface area contributed by atoms with Crippen LogP contribution in [0, 0.1) is 0 Å². The van der Waals surface area contributed by atoms with Crippen molar-refractivity contribution in [2.24, 2.45) is 0 Å². The zero-order valence-corrected chi connectivity index (χ0v) is 18.1. The van der Waals surface area contributed by atoms with Crippen molar-refractivity contribution in [1.29, 1.82) is 0 Å². The monoisotopic (exact) mass is 431 g/mol. The van der Waals surface area contributed by atoms with Gasteiger partial charge in [-0.15, -0.1) is 0 Å². The van der Waals surface area contributed by atoms with Crippen LogP contribution in [0.2, 0.25) is 0 Å². The lowest BCUT2D eigenvalue weighted by Crippen LogP contribution is -2.37. The maximum Gasteiger partial charge on any atom is 0.258 e. The van der Waals surface area contributed by atoms with E-state index in [1.807, 2.05) is 26.0 Å². The third kappa shape index (κ3) is 4.59. The number of carbonyl (C=O) groups is 1. The quantitative estimate of drug-likeness (QED) is 0.467. The molecule has 2 aromatic heterocycles. The number of rotatable bonds is 7. The van der Waals surface area contributed by atoms with E-state index in [4.69, 9.17) is 0 Å². The highest BCUT2D eigenvalue weighted by Gasteiger charge is 2.19. The molecule has 0 aliphatic heterocycles. The van der Waals surface area contributed by atoms with Crippen LogP contribution in [0.25, 0.3) is 21.8 Å². The number of aromatic nitrogens is 4. The summed E-state index contributed by atoms with van der Waals surface area (Å²) in [6, 6.07) is 14.3. The summed E-state index contributed by atoms with van der Waals surface area (Å²) in [6.45, 7) is 4.08. The van der Waals surface area contributed by atoms with Gasteiger partial charge in [-0.25, -0.2) is 9.97 Å². The van der Waals surface area contributed by atoms with E-state index in [-0.39, 0.29) is 29.6 Å². The fraction of sp³-hybridized carbons (Fsp3) is 0.292. The lowest BCUT2D eigenvalue weighted by atomic mass is 10.1. The van der Waals surface area contributed by atoms with Crippen molar-refractivity contribution < 1.29 is 4.79 Å². The molecular formula is C24H25N5O3. The van der Waals surface area contributed by atoms with Crippen LogP contribution < -0.4 is 11.1 Å². The van der Waals surface area contributed by atoms with E-state index < -0.39 is 0 Å². The van der Waals surface area contributed by atoms with E-state index >= 15 is 0 Å². The van der Waals surface area contributed by atoms with E-state index in [2.05, 4.69) is 19.9 Å². The normalized spacial score (nSPS) is 11.3. The van der Waals surface area contributed by atoms with Gasteiger partial charge in [0, 0.05) is 18.9 Å². The third-order valence-corrected chi connectivity index (χ3v) is 5.39. The Morgan fingerprint density at radius 1 is 0.875 bits per heavy atom. The van der Waals surface area contributed by atoms with Gasteiger partial charge in [0.1, 0.15) is 11.6 Å². The number of para-hydroxylation sites is 2. The molecule has 0 aliphatic carbocycles. The molecule has 4 rings (SSSR count).